The number of hydrogen-bond donors (Lipinski definition) is 0. The van der Waals surface area contributed by atoms with Crippen molar-refractivity contribution in [1.29, 1.82) is 0 Å². The zero-order chi connectivity index (χ0) is 12.5. The van der Waals surface area contributed by atoms with E-state index in [1.165, 1.54) is 19.3 Å². The second-order valence-electron chi connectivity index (χ2n) is 5.74. The van der Waals surface area contributed by atoms with Crippen molar-refractivity contribution in [3.63, 3.8) is 0 Å². The van der Waals surface area contributed by atoms with E-state index in [9.17, 15) is 0 Å². The monoisotopic (exact) mass is 296 g/mol. The first-order valence-corrected chi connectivity index (χ1v) is 7.15. The van der Waals surface area contributed by atoms with E-state index in [0.29, 0.717) is 5.41 Å². The topological polar surface area (TPSA) is 16.1 Å². The lowest BCUT2D eigenvalue weighted by molar-refractivity contribution is 0.325. The van der Waals surface area contributed by atoms with E-state index in [1.54, 1.807) is 0 Å². The van der Waals surface area contributed by atoms with Gasteiger partial charge in [0.25, 0.3) is 0 Å². The molecular weight excluding hydrogens is 276 g/mol. The van der Waals surface area contributed by atoms with Crippen LogP contribution in [0.1, 0.15) is 38.8 Å². The summed E-state index contributed by atoms with van der Waals surface area (Å²) in [6, 6.07) is 4.23. The summed E-state index contributed by atoms with van der Waals surface area (Å²) in [5.74, 6) is 1.13. The van der Waals surface area contributed by atoms with Crippen molar-refractivity contribution in [3.8, 4) is 0 Å². The molecule has 0 spiro atoms. The van der Waals surface area contributed by atoms with Crippen molar-refractivity contribution in [2.24, 2.45) is 5.41 Å². The molecular formula is C14H21BrN2. The summed E-state index contributed by atoms with van der Waals surface area (Å²) in [6.45, 7) is 9.06. The zero-order valence-electron chi connectivity index (χ0n) is 11.0. The standard InChI is InChI=1S/C14H21BrN2/c1-11-12(15)5-6-13(16-11)17-9-4-7-14(2,3)8-10-17/h5-6H,4,7-10H2,1-3H3. The largest absolute Gasteiger partial charge is 0.357 e. The smallest absolute Gasteiger partial charge is 0.128 e. The minimum atomic E-state index is 0.485. The predicted molar refractivity (Wildman–Crippen MR) is 76.5 cm³/mol. The van der Waals surface area contributed by atoms with Crippen LogP contribution < -0.4 is 4.90 Å². The Morgan fingerprint density at radius 1 is 1.24 bits per heavy atom. The Kier molecular flexibility index (Phi) is 3.76. The summed E-state index contributed by atoms with van der Waals surface area (Å²) in [6.07, 6.45) is 3.84. The Balaban J connectivity index is 2.14. The molecule has 1 aliphatic rings. The van der Waals surface area contributed by atoms with Crippen LogP contribution in [0.4, 0.5) is 5.82 Å². The van der Waals surface area contributed by atoms with Gasteiger partial charge in [0.2, 0.25) is 0 Å². The fraction of sp³-hybridized carbons (Fsp3) is 0.643. The first-order valence-electron chi connectivity index (χ1n) is 6.36. The highest BCUT2D eigenvalue weighted by Crippen LogP contribution is 2.31. The molecule has 0 atom stereocenters. The van der Waals surface area contributed by atoms with Crippen LogP contribution in [0.2, 0.25) is 0 Å². The number of nitrogens with zero attached hydrogens (tertiary/aromatic N) is 2. The molecule has 1 aromatic heterocycles. The molecule has 0 saturated carbocycles. The maximum atomic E-state index is 4.66. The molecule has 17 heavy (non-hydrogen) atoms. The molecule has 1 aromatic rings. The van der Waals surface area contributed by atoms with Gasteiger partial charge in [0, 0.05) is 17.6 Å². The summed E-state index contributed by atoms with van der Waals surface area (Å²) in [5, 5.41) is 0. The molecule has 2 nitrogen and oxygen atoms in total. The second-order valence-corrected chi connectivity index (χ2v) is 6.60. The van der Waals surface area contributed by atoms with Gasteiger partial charge < -0.3 is 4.90 Å². The summed E-state index contributed by atoms with van der Waals surface area (Å²) in [4.78, 5) is 7.09. The van der Waals surface area contributed by atoms with Crippen molar-refractivity contribution in [3.05, 3.63) is 22.3 Å². The fourth-order valence-corrected chi connectivity index (χ4v) is 2.58. The molecule has 1 fully saturated rings. The zero-order valence-corrected chi connectivity index (χ0v) is 12.5. The number of hydrogen-bond acceptors (Lipinski definition) is 2. The average Bonchev–Trinajstić information content (AvgIpc) is 2.44. The van der Waals surface area contributed by atoms with Crippen LogP contribution in [0.5, 0.6) is 0 Å². The van der Waals surface area contributed by atoms with Crippen LogP contribution in [-0.2, 0) is 0 Å². The molecule has 0 radical (unpaired) electrons. The first kappa shape index (κ1) is 12.9. The molecule has 1 saturated heterocycles. The van der Waals surface area contributed by atoms with Gasteiger partial charge in [0.1, 0.15) is 5.82 Å². The van der Waals surface area contributed by atoms with Crippen LogP contribution >= 0.6 is 15.9 Å². The quantitative estimate of drug-likeness (QED) is 0.773. The maximum absolute atomic E-state index is 4.66. The second kappa shape index (κ2) is 4.97. The number of aromatic nitrogens is 1. The Bertz CT molecular complexity index is 401. The molecule has 0 unspecified atom stereocenters. The van der Waals surface area contributed by atoms with E-state index in [0.717, 1.165) is 29.1 Å². The fourth-order valence-electron chi connectivity index (χ4n) is 2.36. The Morgan fingerprint density at radius 2 is 2.00 bits per heavy atom. The SMILES string of the molecule is Cc1nc(N2CCCC(C)(C)CC2)ccc1Br. The van der Waals surface area contributed by atoms with Crippen molar-refractivity contribution in [2.75, 3.05) is 18.0 Å². The molecule has 0 aromatic carbocycles. The summed E-state index contributed by atoms with van der Waals surface area (Å²) in [5.41, 5.74) is 1.56. The van der Waals surface area contributed by atoms with Crippen molar-refractivity contribution >= 4 is 21.7 Å². The molecule has 2 heterocycles. The lowest BCUT2D eigenvalue weighted by Crippen LogP contribution is -2.26. The van der Waals surface area contributed by atoms with Gasteiger partial charge in [0.05, 0.1) is 5.69 Å². The number of rotatable bonds is 1. The molecule has 1 aliphatic heterocycles. The van der Waals surface area contributed by atoms with E-state index in [4.69, 9.17) is 0 Å². The van der Waals surface area contributed by atoms with Crippen molar-refractivity contribution in [1.82, 2.24) is 4.98 Å². The maximum Gasteiger partial charge on any atom is 0.128 e. The van der Waals surface area contributed by atoms with Gasteiger partial charge in [-0.15, -0.1) is 0 Å². The summed E-state index contributed by atoms with van der Waals surface area (Å²) < 4.78 is 1.09. The Labute approximate surface area is 113 Å². The highest BCUT2D eigenvalue weighted by molar-refractivity contribution is 9.10. The van der Waals surface area contributed by atoms with Crippen LogP contribution in [0.25, 0.3) is 0 Å². The van der Waals surface area contributed by atoms with Crippen LogP contribution in [0.3, 0.4) is 0 Å². The van der Waals surface area contributed by atoms with Crippen LogP contribution in [-0.4, -0.2) is 18.1 Å². The predicted octanol–water partition coefficient (Wildman–Crippen LogP) is 4.17. The van der Waals surface area contributed by atoms with Gasteiger partial charge in [-0.05, 0) is 59.7 Å². The van der Waals surface area contributed by atoms with E-state index >= 15 is 0 Å². The molecule has 0 N–H and O–H groups in total. The number of halogens is 1. The van der Waals surface area contributed by atoms with E-state index < -0.39 is 0 Å². The Hall–Kier alpha value is -0.570. The molecule has 0 aliphatic carbocycles. The lowest BCUT2D eigenvalue weighted by atomic mass is 9.85. The highest BCUT2D eigenvalue weighted by Gasteiger charge is 2.23. The number of anilines is 1. The van der Waals surface area contributed by atoms with E-state index in [1.807, 2.05) is 0 Å². The van der Waals surface area contributed by atoms with Gasteiger partial charge in [-0.3, -0.25) is 0 Å². The molecule has 0 amide bonds. The third-order valence-corrected chi connectivity index (χ3v) is 4.51. The molecule has 0 bridgehead atoms. The number of pyridine rings is 1. The normalized spacial score (nSPS) is 20.1. The van der Waals surface area contributed by atoms with E-state index in [2.05, 4.69) is 58.7 Å². The van der Waals surface area contributed by atoms with Gasteiger partial charge in [-0.25, -0.2) is 4.98 Å². The number of aryl methyl sites for hydroxylation is 1. The van der Waals surface area contributed by atoms with Gasteiger partial charge in [-0.1, -0.05) is 13.8 Å². The third-order valence-electron chi connectivity index (χ3n) is 3.67. The van der Waals surface area contributed by atoms with Crippen molar-refractivity contribution < 1.29 is 0 Å². The summed E-state index contributed by atoms with van der Waals surface area (Å²) in [7, 11) is 0. The van der Waals surface area contributed by atoms with Gasteiger partial charge in [0.15, 0.2) is 0 Å². The van der Waals surface area contributed by atoms with Crippen molar-refractivity contribution in [2.45, 2.75) is 40.0 Å². The Morgan fingerprint density at radius 3 is 2.71 bits per heavy atom. The van der Waals surface area contributed by atoms with Gasteiger partial charge >= 0.3 is 0 Å². The third kappa shape index (κ3) is 3.21. The van der Waals surface area contributed by atoms with Crippen LogP contribution in [0, 0.1) is 12.3 Å². The summed E-state index contributed by atoms with van der Waals surface area (Å²) >= 11 is 3.51. The van der Waals surface area contributed by atoms with Crippen LogP contribution in [0.15, 0.2) is 16.6 Å². The van der Waals surface area contributed by atoms with E-state index in [-0.39, 0.29) is 0 Å². The minimum Gasteiger partial charge on any atom is -0.357 e. The minimum absolute atomic E-state index is 0.485. The molecule has 2 rings (SSSR count). The molecule has 94 valence electrons. The molecule has 3 heteroatoms. The lowest BCUT2D eigenvalue weighted by Gasteiger charge is -2.24. The first-order chi connectivity index (χ1) is 7.98. The van der Waals surface area contributed by atoms with Gasteiger partial charge in [-0.2, -0.15) is 0 Å². The highest BCUT2D eigenvalue weighted by atomic mass is 79.9. The average molecular weight is 297 g/mol.